The molecule has 0 unspecified atom stereocenters. The van der Waals surface area contributed by atoms with Crippen LogP contribution in [-0.2, 0) is 29.5 Å². The van der Waals surface area contributed by atoms with E-state index in [9.17, 15) is 9.59 Å². The van der Waals surface area contributed by atoms with Crippen LogP contribution in [0.5, 0.6) is 0 Å². The largest absolute Gasteiger partial charge is 0.444 e. The first-order chi connectivity index (χ1) is 13.7. The molecule has 3 rings (SSSR count). The van der Waals surface area contributed by atoms with E-state index in [1.54, 1.807) is 16.6 Å². The Balaban J connectivity index is 1.57. The number of fused-ring (bicyclic) bond motifs is 1. The minimum Gasteiger partial charge on any atom is -0.444 e. The molecule has 2 aliphatic rings. The average molecular weight is 408 g/mol. The first-order valence-electron chi connectivity index (χ1n) is 10.4. The van der Waals surface area contributed by atoms with Crippen LogP contribution in [0.4, 0.5) is 4.79 Å². The number of hydrogen-bond donors (Lipinski definition) is 1. The Kier molecular flexibility index (Phi) is 6.79. The quantitative estimate of drug-likeness (QED) is 0.737. The summed E-state index contributed by atoms with van der Waals surface area (Å²) < 4.78 is 12.5. The lowest BCUT2D eigenvalue weighted by atomic mass is 10.1. The summed E-state index contributed by atoms with van der Waals surface area (Å²) in [5.41, 5.74) is 1.67. The van der Waals surface area contributed by atoms with E-state index in [-0.39, 0.29) is 12.0 Å². The lowest BCUT2D eigenvalue weighted by Crippen LogP contribution is -2.40. The van der Waals surface area contributed by atoms with Crippen molar-refractivity contribution in [2.45, 2.75) is 45.8 Å². The van der Waals surface area contributed by atoms with Gasteiger partial charge in [-0.2, -0.15) is 5.10 Å². The first-order valence-corrected chi connectivity index (χ1v) is 10.4. The summed E-state index contributed by atoms with van der Waals surface area (Å²) in [5, 5.41) is 7.50. The smallest absolute Gasteiger partial charge is 0.410 e. The molecule has 2 aliphatic heterocycles. The van der Waals surface area contributed by atoms with Crippen molar-refractivity contribution in [2.75, 3.05) is 45.9 Å². The van der Waals surface area contributed by atoms with Crippen LogP contribution in [0.2, 0.25) is 0 Å². The Labute approximate surface area is 172 Å². The van der Waals surface area contributed by atoms with E-state index in [0.717, 1.165) is 50.5 Å². The maximum atomic E-state index is 12.8. The zero-order valence-corrected chi connectivity index (χ0v) is 18.0. The predicted molar refractivity (Wildman–Crippen MR) is 108 cm³/mol. The number of carbonyl (C=O) groups is 2. The van der Waals surface area contributed by atoms with Crippen molar-refractivity contribution in [3.05, 3.63) is 17.0 Å². The van der Waals surface area contributed by atoms with Gasteiger partial charge in [0.05, 0.1) is 25.5 Å². The van der Waals surface area contributed by atoms with Crippen LogP contribution in [0.25, 0.3) is 0 Å². The van der Waals surface area contributed by atoms with Crippen LogP contribution in [0.3, 0.4) is 0 Å². The number of nitrogens with one attached hydrogen (secondary N) is 1. The van der Waals surface area contributed by atoms with Crippen LogP contribution >= 0.6 is 0 Å². The third-order valence-electron chi connectivity index (χ3n) is 5.10. The van der Waals surface area contributed by atoms with Gasteiger partial charge in [0.1, 0.15) is 11.3 Å². The molecule has 162 valence electrons. The monoisotopic (exact) mass is 407 g/mol. The van der Waals surface area contributed by atoms with Crippen LogP contribution < -0.4 is 5.32 Å². The second-order valence-corrected chi connectivity index (χ2v) is 8.61. The summed E-state index contributed by atoms with van der Waals surface area (Å²) in [6, 6.07) is 0. The molecule has 0 aromatic carbocycles. The second-order valence-electron chi connectivity index (χ2n) is 8.61. The molecule has 1 fully saturated rings. The molecule has 0 saturated carbocycles. The van der Waals surface area contributed by atoms with Crippen LogP contribution in [-0.4, -0.2) is 83.1 Å². The van der Waals surface area contributed by atoms with E-state index in [2.05, 4.69) is 15.3 Å². The molecule has 1 aromatic rings. The Morgan fingerprint density at radius 1 is 1.21 bits per heavy atom. The normalized spacial score (nSPS) is 17.7. The van der Waals surface area contributed by atoms with E-state index >= 15 is 0 Å². The Bertz CT molecular complexity index is 734. The lowest BCUT2D eigenvalue weighted by molar-refractivity contribution is 0.0222. The maximum Gasteiger partial charge on any atom is 0.410 e. The number of ether oxygens (including phenoxy) is 2. The van der Waals surface area contributed by atoms with Crippen molar-refractivity contribution in [1.29, 1.82) is 0 Å². The summed E-state index contributed by atoms with van der Waals surface area (Å²) in [4.78, 5) is 29.2. The summed E-state index contributed by atoms with van der Waals surface area (Å²) >= 11 is 0. The molecule has 9 nitrogen and oxygen atoms in total. The molecule has 29 heavy (non-hydrogen) atoms. The second kappa shape index (κ2) is 9.13. The zero-order valence-electron chi connectivity index (χ0n) is 18.0. The number of morpholine rings is 1. The molecule has 0 bridgehead atoms. The summed E-state index contributed by atoms with van der Waals surface area (Å²) in [6.45, 7) is 11.4. The molecule has 0 spiro atoms. The topological polar surface area (TPSA) is 88.9 Å². The highest BCUT2D eigenvalue weighted by atomic mass is 16.6. The molecule has 0 aliphatic carbocycles. The SMILES string of the molecule is Cn1nc2c(c1C(=O)NCCCN1CCOCC1)CN(C(=O)OC(C)(C)C)CC2. The van der Waals surface area contributed by atoms with Gasteiger partial charge in [0, 0.05) is 45.2 Å². The van der Waals surface area contributed by atoms with Crippen LogP contribution in [0, 0.1) is 0 Å². The third-order valence-corrected chi connectivity index (χ3v) is 5.10. The number of rotatable bonds is 5. The molecule has 2 amide bonds. The van der Waals surface area contributed by atoms with E-state index in [0.29, 0.717) is 31.7 Å². The van der Waals surface area contributed by atoms with Gasteiger partial charge in [-0.05, 0) is 33.7 Å². The van der Waals surface area contributed by atoms with Crippen molar-refractivity contribution in [3.8, 4) is 0 Å². The van der Waals surface area contributed by atoms with Crippen molar-refractivity contribution in [3.63, 3.8) is 0 Å². The predicted octanol–water partition coefficient (Wildman–Crippen LogP) is 1.17. The summed E-state index contributed by atoms with van der Waals surface area (Å²) in [7, 11) is 1.78. The molecule has 0 radical (unpaired) electrons. The molecular formula is C20H33N5O4. The summed E-state index contributed by atoms with van der Waals surface area (Å²) in [5.74, 6) is -0.144. The molecule has 9 heteroatoms. The standard InChI is InChI=1S/C20H33N5O4/c1-20(2,3)29-19(27)25-9-6-16-15(14-25)17(23(4)22-16)18(26)21-7-5-8-24-10-12-28-13-11-24/h5-14H2,1-4H3,(H,21,26). The maximum absolute atomic E-state index is 12.8. The van der Waals surface area contributed by atoms with Crippen molar-refractivity contribution >= 4 is 12.0 Å². The molecule has 1 saturated heterocycles. The number of hydrogen-bond acceptors (Lipinski definition) is 6. The molecule has 1 aromatic heterocycles. The lowest BCUT2D eigenvalue weighted by Gasteiger charge is -2.29. The van der Waals surface area contributed by atoms with Crippen LogP contribution in [0.1, 0.15) is 48.9 Å². The van der Waals surface area contributed by atoms with Crippen LogP contribution in [0.15, 0.2) is 0 Å². The fourth-order valence-electron chi connectivity index (χ4n) is 3.68. The third kappa shape index (κ3) is 5.70. The van der Waals surface area contributed by atoms with Gasteiger partial charge >= 0.3 is 6.09 Å². The molecule has 3 heterocycles. The first kappa shape index (κ1) is 21.6. The number of aryl methyl sites for hydroxylation is 1. The molecule has 1 N–H and O–H groups in total. The van der Waals surface area contributed by atoms with E-state index in [1.807, 2.05) is 20.8 Å². The minimum absolute atomic E-state index is 0.144. The van der Waals surface area contributed by atoms with Gasteiger partial charge in [-0.15, -0.1) is 0 Å². The Morgan fingerprint density at radius 2 is 1.93 bits per heavy atom. The fourth-order valence-corrected chi connectivity index (χ4v) is 3.68. The van der Waals surface area contributed by atoms with E-state index < -0.39 is 5.60 Å². The van der Waals surface area contributed by atoms with Crippen molar-refractivity contribution in [1.82, 2.24) is 24.9 Å². The number of carbonyl (C=O) groups excluding carboxylic acids is 2. The van der Waals surface area contributed by atoms with Gasteiger partial charge in [-0.1, -0.05) is 0 Å². The molecular weight excluding hydrogens is 374 g/mol. The highest BCUT2D eigenvalue weighted by Gasteiger charge is 2.31. The fraction of sp³-hybridized carbons (Fsp3) is 0.750. The van der Waals surface area contributed by atoms with Crippen molar-refractivity contribution < 1.29 is 19.1 Å². The van der Waals surface area contributed by atoms with E-state index in [1.165, 1.54) is 0 Å². The van der Waals surface area contributed by atoms with Gasteiger partial charge in [0.25, 0.3) is 5.91 Å². The van der Waals surface area contributed by atoms with Gasteiger partial charge in [-0.25, -0.2) is 4.79 Å². The zero-order chi connectivity index (χ0) is 21.0. The van der Waals surface area contributed by atoms with Gasteiger partial charge in [-0.3, -0.25) is 14.4 Å². The highest BCUT2D eigenvalue weighted by Crippen LogP contribution is 2.23. The Morgan fingerprint density at radius 3 is 2.62 bits per heavy atom. The van der Waals surface area contributed by atoms with Gasteiger partial charge in [0.2, 0.25) is 0 Å². The van der Waals surface area contributed by atoms with E-state index in [4.69, 9.17) is 9.47 Å². The number of nitrogens with zero attached hydrogens (tertiary/aromatic N) is 4. The summed E-state index contributed by atoms with van der Waals surface area (Å²) in [6.07, 6.45) is 1.14. The van der Waals surface area contributed by atoms with Crippen molar-refractivity contribution in [2.24, 2.45) is 7.05 Å². The minimum atomic E-state index is -0.549. The number of aromatic nitrogens is 2. The Hall–Kier alpha value is -2.13. The number of amides is 2. The molecule has 0 atom stereocenters. The van der Waals surface area contributed by atoms with Gasteiger partial charge in [0.15, 0.2) is 0 Å². The highest BCUT2D eigenvalue weighted by molar-refractivity contribution is 5.94. The average Bonchev–Trinajstić information content (AvgIpc) is 2.99. The van der Waals surface area contributed by atoms with Gasteiger partial charge < -0.3 is 19.7 Å².